The molecule has 3 rings (SSSR count). The van der Waals surface area contributed by atoms with Crippen molar-refractivity contribution in [2.45, 2.75) is 6.42 Å². The van der Waals surface area contributed by atoms with E-state index in [-0.39, 0.29) is 0 Å². The minimum atomic E-state index is 0.942. The van der Waals surface area contributed by atoms with Gasteiger partial charge in [0.05, 0.1) is 5.69 Å². The molecule has 0 aliphatic carbocycles. The van der Waals surface area contributed by atoms with Crippen molar-refractivity contribution in [2.75, 3.05) is 0 Å². The fourth-order valence-corrected chi connectivity index (χ4v) is 2.33. The maximum Gasteiger partial charge on any atom is 0.0707 e. The Hall–Kier alpha value is -2.67. The van der Waals surface area contributed by atoms with Gasteiger partial charge in [-0.15, -0.1) is 0 Å². The smallest absolute Gasteiger partial charge is 0.0707 e. The molecule has 0 aliphatic heterocycles. The number of rotatable bonds is 4. The second kappa shape index (κ2) is 6.67. The number of benzene rings is 2. The summed E-state index contributed by atoms with van der Waals surface area (Å²) in [6, 6.07) is 24.9. The molecule has 1 nitrogen and oxygen atoms in total. The summed E-state index contributed by atoms with van der Waals surface area (Å²) in [5.74, 6) is 0. The van der Waals surface area contributed by atoms with E-state index in [1.165, 1.54) is 16.7 Å². The lowest BCUT2D eigenvalue weighted by Crippen LogP contribution is -1.86. The third-order valence-corrected chi connectivity index (χ3v) is 3.40. The van der Waals surface area contributed by atoms with E-state index in [0.29, 0.717) is 0 Å². The summed E-state index contributed by atoms with van der Waals surface area (Å²) < 4.78 is 0. The maximum atomic E-state index is 4.44. The zero-order valence-electron chi connectivity index (χ0n) is 11.8. The molecule has 102 valence electrons. The number of hydrogen-bond donors (Lipinski definition) is 0. The largest absolute Gasteiger partial charge is 0.256 e. The summed E-state index contributed by atoms with van der Waals surface area (Å²) >= 11 is 0. The Morgan fingerprint density at radius 3 is 2.33 bits per heavy atom. The fourth-order valence-electron chi connectivity index (χ4n) is 2.33. The van der Waals surface area contributed by atoms with Gasteiger partial charge in [0.1, 0.15) is 0 Å². The van der Waals surface area contributed by atoms with Crippen LogP contribution in [-0.2, 0) is 6.42 Å². The quantitative estimate of drug-likeness (QED) is 0.650. The van der Waals surface area contributed by atoms with Crippen molar-refractivity contribution in [3.63, 3.8) is 0 Å². The topological polar surface area (TPSA) is 12.9 Å². The molecule has 2 aromatic carbocycles. The van der Waals surface area contributed by atoms with Crippen LogP contribution < -0.4 is 0 Å². The van der Waals surface area contributed by atoms with Crippen LogP contribution in [0, 0.1) is 0 Å². The molecule has 0 saturated heterocycles. The highest BCUT2D eigenvalue weighted by Crippen LogP contribution is 2.22. The first-order chi connectivity index (χ1) is 10.4. The summed E-state index contributed by atoms with van der Waals surface area (Å²) in [4.78, 5) is 4.44. The molecular formula is C20H17N. The first kappa shape index (κ1) is 13.3. The summed E-state index contributed by atoms with van der Waals surface area (Å²) in [5.41, 5.74) is 4.70. The lowest BCUT2D eigenvalue weighted by Gasteiger charge is -2.05. The van der Waals surface area contributed by atoms with E-state index in [0.717, 1.165) is 12.1 Å². The molecule has 0 aliphatic rings. The van der Waals surface area contributed by atoms with Crippen LogP contribution in [0.1, 0.15) is 11.1 Å². The Morgan fingerprint density at radius 1 is 0.762 bits per heavy atom. The molecule has 0 bridgehead atoms. The van der Waals surface area contributed by atoms with E-state index in [2.05, 4.69) is 65.7 Å². The van der Waals surface area contributed by atoms with Crippen LogP contribution in [0.5, 0.6) is 0 Å². The SMILES string of the molecule is C(=C\c1ccccc1-c1ccccn1)/Cc1ccccc1. The number of aromatic nitrogens is 1. The minimum absolute atomic E-state index is 0.942. The molecule has 0 N–H and O–H groups in total. The van der Waals surface area contributed by atoms with E-state index >= 15 is 0 Å². The number of nitrogens with zero attached hydrogens (tertiary/aromatic N) is 1. The van der Waals surface area contributed by atoms with Crippen LogP contribution in [-0.4, -0.2) is 4.98 Å². The summed E-state index contributed by atoms with van der Waals surface area (Å²) in [5, 5.41) is 0. The van der Waals surface area contributed by atoms with Gasteiger partial charge in [-0.2, -0.15) is 0 Å². The third kappa shape index (κ3) is 3.46. The summed E-state index contributed by atoms with van der Waals surface area (Å²) in [6.07, 6.45) is 7.16. The van der Waals surface area contributed by atoms with E-state index in [1.807, 2.05) is 30.5 Å². The first-order valence-electron chi connectivity index (χ1n) is 7.14. The van der Waals surface area contributed by atoms with Gasteiger partial charge in [-0.3, -0.25) is 4.98 Å². The Balaban J connectivity index is 1.83. The van der Waals surface area contributed by atoms with Crippen molar-refractivity contribution in [3.8, 4) is 11.3 Å². The highest BCUT2D eigenvalue weighted by atomic mass is 14.7. The first-order valence-corrected chi connectivity index (χ1v) is 7.14. The van der Waals surface area contributed by atoms with Crippen LogP contribution in [0.25, 0.3) is 17.3 Å². The predicted octanol–water partition coefficient (Wildman–Crippen LogP) is 5.00. The van der Waals surface area contributed by atoms with Gasteiger partial charge < -0.3 is 0 Å². The van der Waals surface area contributed by atoms with Gasteiger partial charge in [0.2, 0.25) is 0 Å². The minimum Gasteiger partial charge on any atom is -0.256 e. The van der Waals surface area contributed by atoms with Crippen LogP contribution in [0.15, 0.2) is 85.1 Å². The molecule has 1 heterocycles. The zero-order chi connectivity index (χ0) is 14.3. The zero-order valence-corrected chi connectivity index (χ0v) is 11.8. The lowest BCUT2D eigenvalue weighted by atomic mass is 10.0. The van der Waals surface area contributed by atoms with Crippen molar-refractivity contribution in [1.29, 1.82) is 0 Å². The highest BCUT2D eigenvalue weighted by Gasteiger charge is 2.02. The lowest BCUT2D eigenvalue weighted by molar-refractivity contribution is 1.28. The number of pyridine rings is 1. The van der Waals surface area contributed by atoms with Crippen LogP contribution in [0.4, 0.5) is 0 Å². The standard InChI is InChI=1S/C20H17N/c1-2-9-17(10-3-1)11-8-13-18-12-4-5-14-19(18)20-15-6-7-16-21-20/h1-10,12-16H,11H2/b13-8+. The number of allylic oxidation sites excluding steroid dienone is 1. The fraction of sp³-hybridized carbons (Fsp3) is 0.0500. The van der Waals surface area contributed by atoms with Crippen molar-refractivity contribution < 1.29 is 0 Å². The monoisotopic (exact) mass is 271 g/mol. The molecule has 0 unspecified atom stereocenters. The Morgan fingerprint density at radius 2 is 1.52 bits per heavy atom. The molecule has 0 atom stereocenters. The molecule has 1 aromatic heterocycles. The molecule has 1 heteroatoms. The summed E-state index contributed by atoms with van der Waals surface area (Å²) in [6.45, 7) is 0. The van der Waals surface area contributed by atoms with Gasteiger partial charge in [0.15, 0.2) is 0 Å². The Labute approximate surface area is 125 Å². The van der Waals surface area contributed by atoms with E-state index in [4.69, 9.17) is 0 Å². The van der Waals surface area contributed by atoms with Gasteiger partial charge in [-0.05, 0) is 29.7 Å². The second-order valence-corrected chi connectivity index (χ2v) is 4.89. The van der Waals surface area contributed by atoms with Crippen LogP contribution >= 0.6 is 0 Å². The van der Waals surface area contributed by atoms with Gasteiger partial charge >= 0.3 is 0 Å². The van der Waals surface area contributed by atoms with Crippen LogP contribution in [0.3, 0.4) is 0 Å². The van der Waals surface area contributed by atoms with Crippen molar-refractivity contribution in [1.82, 2.24) is 4.98 Å². The molecule has 0 spiro atoms. The second-order valence-electron chi connectivity index (χ2n) is 4.89. The molecule has 0 fully saturated rings. The van der Waals surface area contributed by atoms with E-state index in [9.17, 15) is 0 Å². The summed E-state index contributed by atoms with van der Waals surface area (Å²) in [7, 11) is 0. The van der Waals surface area contributed by atoms with Crippen molar-refractivity contribution in [2.24, 2.45) is 0 Å². The van der Waals surface area contributed by atoms with E-state index in [1.54, 1.807) is 0 Å². The Bertz CT molecular complexity index is 715. The molecule has 0 amide bonds. The van der Waals surface area contributed by atoms with Gasteiger partial charge in [0, 0.05) is 11.8 Å². The Kier molecular flexibility index (Phi) is 4.23. The number of hydrogen-bond acceptors (Lipinski definition) is 1. The third-order valence-electron chi connectivity index (χ3n) is 3.40. The van der Waals surface area contributed by atoms with Crippen molar-refractivity contribution >= 4 is 6.08 Å². The molecule has 0 radical (unpaired) electrons. The molecule has 0 saturated carbocycles. The van der Waals surface area contributed by atoms with Crippen molar-refractivity contribution in [3.05, 3.63) is 96.2 Å². The normalized spacial score (nSPS) is 10.9. The highest BCUT2D eigenvalue weighted by molar-refractivity contribution is 5.72. The average molecular weight is 271 g/mol. The average Bonchev–Trinajstić information content (AvgIpc) is 2.57. The molecule has 3 aromatic rings. The molecular weight excluding hydrogens is 254 g/mol. The predicted molar refractivity (Wildman–Crippen MR) is 88.9 cm³/mol. The maximum absolute atomic E-state index is 4.44. The van der Waals surface area contributed by atoms with Gasteiger partial charge in [-0.25, -0.2) is 0 Å². The van der Waals surface area contributed by atoms with Crippen LogP contribution in [0.2, 0.25) is 0 Å². The molecule has 21 heavy (non-hydrogen) atoms. The van der Waals surface area contributed by atoms with Gasteiger partial charge in [0.25, 0.3) is 0 Å². The van der Waals surface area contributed by atoms with Gasteiger partial charge in [-0.1, -0.05) is 72.8 Å². The van der Waals surface area contributed by atoms with E-state index < -0.39 is 0 Å².